The Kier molecular flexibility index (Phi) is 2.80. The van der Waals surface area contributed by atoms with Gasteiger partial charge >= 0.3 is 10.3 Å². The molecule has 0 saturated heterocycles. The first-order valence-corrected chi connectivity index (χ1v) is 7.31. The molecule has 0 radical (unpaired) electrons. The molecule has 2 heterocycles. The summed E-state index contributed by atoms with van der Waals surface area (Å²) in [4.78, 5) is 11.6. The molecule has 1 aromatic rings. The van der Waals surface area contributed by atoms with Gasteiger partial charge in [0.2, 0.25) is 0 Å². The highest BCUT2D eigenvalue weighted by molar-refractivity contribution is 8.39. The van der Waals surface area contributed by atoms with E-state index in [9.17, 15) is 4.79 Å². The lowest BCUT2D eigenvalue weighted by Gasteiger charge is -2.06. The quantitative estimate of drug-likeness (QED) is 0.727. The first-order chi connectivity index (χ1) is 8.24. The van der Waals surface area contributed by atoms with Crippen molar-refractivity contribution in [3.63, 3.8) is 0 Å². The predicted octanol–water partition coefficient (Wildman–Crippen LogP) is 2.09. The fraction of sp³-hybridized carbons (Fsp3) is 0.250. The number of rotatable bonds is 1. The number of hydrazone groups is 1. The van der Waals surface area contributed by atoms with Gasteiger partial charge < -0.3 is 0 Å². The molecule has 0 spiro atoms. The summed E-state index contributed by atoms with van der Waals surface area (Å²) in [6, 6.07) is 8.27. The number of benzene rings is 1. The van der Waals surface area contributed by atoms with Crippen LogP contribution >= 0.6 is 23.5 Å². The average molecular weight is 263 g/mol. The smallest absolute Gasteiger partial charge is 0.215 e. The maximum atomic E-state index is 11.6. The normalized spacial score (nSPS) is 19.4. The molecule has 86 valence electrons. The lowest BCUT2D eigenvalue weighted by Crippen LogP contribution is -2.22. The Morgan fingerprint density at radius 1 is 1.18 bits per heavy atom. The molecular formula is C12H11N2OS2+. The molecule has 1 aromatic carbocycles. The second kappa shape index (κ2) is 4.31. The van der Waals surface area contributed by atoms with E-state index >= 15 is 0 Å². The van der Waals surface area contributed by atoms with Gasteiger partial charge in [0.15, 0.2) is 0 Å². The highest BCUT2D eigenvalue weighted by Crippen LogP contribution is 2.27. The molecule has 3 nitrogen and oxygen atoms in total. The molecule has 17 heavy (non-hydrogen) atoms. The Morgan fingerprint density at radius 3 is 2.65 bits per heavy atom. The number of thioether (sulfide) groups is 2. The van der Waals surface area contributed by atoms with Gasteiger partial charge in [-0.3, -0.25) is 0 Å². The van der Waals surface area contributed by atoms with Crippen molar-refractivity contribution in [2.45, 2.75) is 6.92 Å². The van der Waals surface area contributed by atoms with E-state index in [1.807, 2.05) is 0 Å². The van der Waals surface area contributed by atoms with Gasteiger partial charge in [0.05, 0.1) is 5.75 Å². The van der Waals surface area contributed by atoms with E-state index in [1.54, 1.807) is 28.2 Å². The lowest BCUT2D eigenvalue weighted by molar-refractivity contribution is -0.444. The number of carbonyl (C=O) groups excluding carboxylic acids is 1. The van der Waals surface area contributed by atoms with E-state index in [0.717, 1.165) is 21.4 Å². The summed E-state index contributed by atoms with van der Waals surface area (Å²) in [7, 11) is 0. The van der Waals surface area contributed by atoms with E-state index in [4.69, 9.17) is 0 Å². The lowest BCUT2D eigenvalue weighted by atomic mass is 10.1. The monoisotopic (exact) mass is 263 g/mol. The number of hydrogen-bond acceptors (Lipinski definition) is 4. The standard InChI is InChI=1S/C12H11N2OS2/c1-8-2-4-9(5-3-8)10-6-16-12-14(13-10)11(15)7-17-12/h2-5H,6-7H2,1H3/q+1. The number of amides is 1. The summed E-state index contributed by atoms with van der Waals surface area (Å²) in [5.74, 6) is 1.45. The van der Waals surface area contributed by atoms with Crippen molar-refractivity contribution in [2.75, 3.05) is 11.5 Å². The molecule has 5 heteroatoms. The van der Waals surface area contributed by atoms with E-state index in [1.165, 1.54) is 5.56 Å². The summed E-state index contributed by atoms with van der Waals surface area (Å²) >= 11 is 3.28. The van der Waals surface area contributed by atoms with Crippen LogP contribution < -0.4 is 0 Å². The number of nitrogens with zero attached hydrogens (tertiary/aromatic N) is 2. The van der Waals surface area contributed by atoms with Crippen molar-refractivity contribution >= 4 is 39.5 Å². The summed E-state index contributed by atoms with van der Waals surface area (Å²) in [6.45, 7) is 2.06. The first-order valence-electron chi connectivity index (χ1n) is 5.34. The van der Waals surface area contributed by atoms with Crippen LogP contribution in [-0.4, -0.2) is 32.2 Å². The minimum Gasteiger partial charge on any atom is -0.215 e. The zero-order chi connectivity index (χ0) is 11.8. The maximum Gasteiger partial charge on any atom is 0.429 e. The number of hydrogen-bond donors (Lipinski definition) is 0. The van der Waals surface area contributed by atoms with E-state index < -0.39 is 0 Å². The topological polar surface area (TPSA) is 32.4 Å². The van der Waals surface area contributed by atoms with Crippen LogP contribution in [0, 0.1) is 6.92 Å². The molecule has 0 N–H and O–H groups in total. The van der Waals surface area contributed by atoms with Crippen molar-refractivity contribution in [1.29, 1.82) is 0 Å². The van der Waals surface area contributed by atoms with Crippen LogP contribution in [0.3, 0.4) is 0 Å². The highest BCUT2D eigenvalue weighted by Gasteiger charge is 2.37. The van der Waals surface area contributed by atoms with Gasteiger partial charge in [-0.25, -0.2) is 4.79 Å². The van der Waals surface area contributed by atoms with Gasteiger partial charge in [-0.15, -0.1) is 0 Å². The van der Waals surface area contributed by atoms with Crippen molar-refractivity contribution < 1.29 is 9.48 Å². The highest BCUT2D eigenvalue weighted by atomic mass is 32.2. The molecule has 0 atom stereocenters. The zero-order valence-electron chi connectivity index (χ0n) is 9.34. The minimum atomic E-state index is 0.0850. The Morgan fingerprint density at radius 2 is 1.88 bits per heavy atom. The van der Waals surface area contributed by atoms with Gasteiger partial charge in [-0.1, -0.05) is 29.8 Å². The second-order valence-corrected chi connectivity index (χ2v) is 6.15. The minimum absolute atomic E-state index is 0.0850. The van der Waals surface area contributed by atoms with Gasteiger partial charge in [-0.2, -0.15) is 0 Å². The number of carbonyl (C=O) groups is 1. The van der Waals surface area contributed by atoms with Gasteiger partial charge in [0, 0.05) is 15.3 Å². The van der Waals surface area contributed by atoms with Gasteiger partial charge in [0.1, 0.15) is 11.5 Å². The summed E-state index contributed by atoms with van der Waals surface area (Å²) < 4.78 is 2.57. The third-order valence-electron chi connectivity index (χ3n) is 2.67. The van der Waals surface area contributed by atoms with Crippen LogP contribution in [0.15, 0.2) is 29.4 Å². The molecule has 1 amide bonds. The van der Waals surface area contributed by atoms with Crippen LogP contribution in [0.1, 0.15) is 11.1 Å². The summed E-state index contributed by atoms with van der Waals surface area (Å²) in [5, 5.41) is 4.45. The van der Waals surface area contributed by atoms with Crippen molar-refractivity contribution in [2.24, 2.45) is 5.10 Å². The average Bonchev–Trinajstić information content (AvgIpc) is 2.72. The second-order valence-electron chi connectivity index (χ2n) is 3.96. The van der Waals surface area contributed by atoms with Crippen LogP contribution in [0.25, 0.3) is 0 Å². The predicted molar refractivity (Wildman–Crippen MR) is 72.9 cm³/mol. The third kappa shape index (κ3) is 2.05. The van der Waals surface area contributed by atoms with Gasteiger partial charge in [-0.05, 0) is 30.4 Å². The van der Waals surface area contributed by atoms with Crippen LogP contribution in [-0.2, 0) is 4.79 Å². The zero-order valence-corrected chi connectivity index (χ0v) is 11.0. The largest absolute Gasteiger partial charge is 0.429 e. The molecule has 0 bridgehead atoms. The Hall–Kier alpha value is -1.07. The molecule has 2 aliphatic rings. The molecule has 0 aliphatic carbocycles. The Balaban J connectivity index is 1.98. The third-order valence-corrected chi connectivity index (χ3v) is 5.02. The van der Waals surface area contributed by atoms with Crippen LogP contribution in [0.4, 0.5) is 0 Å². The van der Waals surface area contributed by atoms with E-state index in [2.05, 4.69) is 36.3 Å². The van der Waals surface area contributed by atoms with Crippen molar-refractivity contribution in [1.82, 2.24) is 0 Å². The first kappa shape index (κ1) is 11.0. The number of aryl methyl sites for hydroxylation is 1. The van der Waals surface area contributed by atoms with Crippen LogP contribution in [0.2, 0.25) is 0 Å². The van der Waals surface area contributed by atoms with Gasteiger partial charge in [0.25, 0.3) is 0 Å². The Labute approximate surface area is 108 Å². The fourth-order valence-corrected chi connectivity index (χ4v) is 3.78. The van der Waals surface area contributed by atoms with Crippen molar-refractivity contribution in [3.05, 3.63) is 35.4 Å². The molecule has 0 aromatic heterocycles. The Bertz CT molecular complexity index is 546. The molecular weight excluding hydrogens is 252 g/mol. The van der Waals surface area contributed by atoms with E-state index in [0.29, 0.717) is 5.75 Å². The fourth-order valence-electron chi connectivity index (χ4n) is 1.71. The molecule has 0 fully saturated rings. The van der Waals surface area contributed by atoms with Crippen LogP contribution in [0.5, 0.6) is 0 Å². The molecule has 3 rings (SSSR count). The molecule has 0 saturated carbocycles. The van der Waals surface area contributed by atoms with E-state index in [-0.39, 0.29) is 5.91 Å². The molecule has 2 aliphatic heterocycles. The molecule has 0 unspecified atom stereocenters. The maximum absolute atomic E-state index is 11.6. The SMILES string of the molecule is Cc1ccc(C2=N[N+]3=C(SCC3=O)SC2)cc1. The van der Waals surface area contributed by atoms with Crippen molar-refractivity contribution in [3.8, 4) is 0 Å². The summed E-state index contributed by atoms with van der Waals surface area (Å²) in [6.07, 6.45) is 0. The summed E-state index contributed by atoms with van der Waals surface area (Å²) in [5.41, 5.74) is 3.32.